The highest BCUT2D eigenvalue weighted by molar-refractivity contribution is 9.10. The van der Waals surface area contributed by atoms with Crippen molar-refractivity contribution in [1.29, 1.82) is 0 Å². The van der Waals surface area contributed by atoms with E-state index in [2.05, 4.69) is 32.2 Å². The van der Waals surface area contributed by atoms with Crippen LogP contribution in [0.5, 0.6) is 5.75 Å². The maximum atomic E-state index is 5.80. The van der Waals surface area contributed by atoms with Gasteiger partial charge < -0.3 is 15.0 Å². The van der Waals surface area contributed by atoms with Gasteiger partial charge in [0.1, 0.15) is 12.4 Å². The Balaban J connectivity index is 2.68. The average molecular weight is 287 g/mol. The summed E-state index contributed by atoms with van der Waals surface area (Å²) in [6.45, 7) is 2.43. The highest BCUT2D eigenvalue weighted by atomic mass is 79.9. The second kappa shape index (κ2) is 6.89. The summed E-state index contributed by atoms with van der Waals surface area (Å²) in [5, 5.41) is 3.14. The molecule has 1 aromatic carbocycles. The summed E-state index contributed by atoms with van der Waals surface area (Å²) >= 11 is 3.52. The third-order valence-corrected chi connectivity index (χ3v) is 2.83. The van der Waals surface area contributed by atoms with Crippen LogP contribution in [0.15, 0.2) is 22.7 Å². The Morgan fingerprint density at radius 3 is 2.75 bits per heavy atom. The van der Waals surface area contributed by atoms with Gasteiger partial charge in [-0.3, -0.25) is 0 Å². The minimum atomic E-state index is 0.701. The molecule has 1 aromatic rings. The third kappa shape index (κ3) is 4.12. The zero-order chi connectivity index (χ0) is 12.0. The predicted molar refractivity (Wildman–Crippen MR) is 71.0 cm³/mol. The molecule has 3 nitrogen and oxygen atoms in total. The van der Waals surface area contributed by atoms with Crippen LogP contribution < -0.4 is 10.1 Å². The van der Waals surface area contributed by atoms with E-state index in [1.54, 1.807) is 0 Å². The van der Waals surface area contributed by atoms with Crippen molar-refractivity contribution in [2.45, 2.75) is 6.54 Å². The zero-order valence-electron chi connectivity index (χ0n) is 10.1. The number of halogens is 1. The van der Waals surface area contributed by atoms with Crippen molar-refractivity contribution in [3.8, 4) is 5.75 Å². The summed E-state index contributed by atoms with van der Waals surface area (Å²) in [5.41, 5.74) is 1.18. The molecule has 0 fully saturated rings. The molecular weight excluding hydrogens is 268 g/mol. The van der Waals surface area contributed by atoms with Gasteiger partial charge in [0.05, 0.1) is 4.47 Å². The molecule has 0 heterocycles. The van der Waals surface area contributed by atoms with E-state index in [0.29, 0.717) is 6.61 Å². The van der Waals surface area contributed by atoms with Crippen molar-refractivity contribution >= 4 is 15.9 Å². The molecule has 0 atom stereocenters. The number of nitrogens with zero attached hydrogens (tertiary/aromatic N) is 1. The minimum absolute atomic E-state index is 0.701. The summed E-state index contributed by atoms with van der Waals surface area (Å²) in [7, 11) is 6.01. The number of rotatable bonds is 6. The molecule has 4 heteroatoms. The second-order valence-corrected chi connectivity index (χ2v) is 4.76. The molecule has 0 aromatic heterocycles. The molecule has 0 unspecified atom stereocenters. The Morgan fingerprint density at radius 1 is 1.38 bits per heavy atom. The van der Waals surface area contributed by atoms with Crippen molar-refractivity contribution in [1.82, 2.24) is 10.2 Å². The molecule has 0 amide bonds. The van der Waals surface area contributed by atoms with Crippen LogP contribution in [-0.4, -0.2) is 39.2 Å². The van der Waals surface area contributed by atoms with E-state index in [1.807, 2.05) is 33.3 Å². The van der Waals surface area contributed by atoms with E-state index in [4.69, 9.17) is 4.74 Å². The van der Waals surface area contributed by atoms with E-state index in [0.717, 1.165) is 23.3 Å². The zero-order valence-corrected chi connectivity index (χ0v) is 11.7. The molecule has 1 rings (SSSR count). The van der Waals surface area contributed by atoms with Gasteiger partial charge in [-0.05, 0) is 43.1 Å². The Morgan fingerprint density at radius 2 is 2.12 bits per heavy atom. The predicted octanol–water partition coefficient (Wildman–Crippen LogP) is 2.11. The second-order valence-electron chi connectivity index (χ2n) is 3.91. The van der Waals surface area contributed by atoms with Gasteiger partial charge in [0.2, 0.25) is 0 Å². The van der Waals surface area contributed by atoms with Crippen molar-refractivity contribution in [2.75, 3.05) is 34.3 Å². The molecule has 1 N–H and O–H groups in total. The lowest BCUT2D eigenvalue weighted by atomic mass is 10.2. The van der Waals surface area contributed by atoms with E-state index >= 15 is 0 Å². The molecule has 0 saturated carbocycles. The summed E-state index contributed by atoms with van der Waals surface area (Å²) in [6.07, 6.45) is 0. The number of hydrogen-bond acceptors (Lipinski definition) is 3. The van der Waals surface area contributed by atoms with E-state index < -0.39 is 0 Å². The van der Waals surface area contributed by atoms with Gasteiger partial charge in [-0.2, -0.15) is 0 Å². The van der Waals surface area contributed by atoms with Gasteiger partial charge >= 0.3 is 0 Å². The molecule has 0 aliphatic carbocycles. The van der Waals surface area contributed by atoms with Crippen LogP contribution in [0.4, 0.5) is 0 Å². The third-order valence-electron chi connectivity index (χ3n) is 2.20. The Labute approximate surface area is 106 Å². The topological polar surface area (TPSA) is 24.5 Å². The molecule has 0 aliphatic rings. The van der Waals surface area contributed by atoms with Gasteiger partial charge in [0.15, 0.2) is 0 Å². The quantitative estimate of drug-likeness (QED) is 0.867. The summed E-state index contributed by atoms with van der Waals surface area (Å²) in [6, 6.07) is 6.10. The smallest absolute Gasteiger partial charge is 0.138 e. The number of likely N-dealkylation sites (N-methyl/N-ethyl adjacent to an activating group) is 1. The van der Waals surface area contributed by atoms with Crippen molar-refractivity contribution < 1.29 is 4.74 Å². The fourth-order valence-corrected chi connectivity index (χ4v) is 1.90. The number of ether oxygens (including phenoxy) is 1. The average Bonchev–Trinajstić information content (AvgIpc) is 2.22. The summed E-state index contributed by atoms with van der Waals surface area (Å²) in [4.78, 5) is 2.11. The standard InChI is InChI=1S/C12H19BrN2O/c1-14-9-10-5-4-6-11(13)12(10)16-8-7-15(2)3/h4-6,14H,7-9H2,1-3H3. The van der Waals surface area contributed by atoms with Crippen LogP contribution in [0.2, 0.25) is 0 Å². The first-order chi connectivity index (χ1) is 7.65. The lowest BCUT2D eigenvalue weighted by molar-refractivity contribution is 0.258. The molecule has 90 valence electrons. The van der Waals surface area contributed by atoms with Gasteiger partial charge in [-0.25, -0.2) is 0 Å². The Hall–Kier alpha value is -0.580. The van der Waals surface area contributed by atoms with Crippen molar-refractivity contribution in [2.24, 2.45) is 0 Å². The summed E-state index contributed by atoms with van der Waals surface area (Å²) < 4.78 is 6.82. The number of hydrogen-bond donors (Lipinski definition) is 1. The van der Waals surface area contributed by atoms with Crippen LogP contribution in [0.1, 0.15) is 5.56 Å². The molecule has 16 heavy (non-hydrogen) atoms. The molecule has 0 saturated heterocycles. The normalized spacial score (nSPS) is 10.8. The minimum Gasteiger partial charge on any atom is -0.491 e. The first-order valence-electron chi connectivity index (χ1n) is 5.34. The largest absolute Gasteiger partial charge is 0.491 e. The van der Waals surface area contributed by atoms with E-state index in [9.17, 15) is 0 Å². The monoisotopic (exact) mass is 286 g/mol. The lowest BCUT2D eigenvalue weighted by Gasteiger charge is -2.15. The van der Waals surface area contributed by atoms with Gasteiger partial charge in [0, 0.05) is 18.7 Å². The first-order valence-corrected chi connectivity index (χ1v) is 6.14. The molecular formula is C12H19BrN2O. The van der Waals surface area contributed by atoms with Crippen LogP contribution in [0.25, 0.3) is 0 Å². The van der Waals surface area contributed by atoms with E-state index in [-0.39, 0.29) is 0 Å². The fourth-order valence-electron chi connectivity index (χ4n) is 1.38. The van der Waals surface area contributed by atoms with Crippen LogP contribution in [0, 0.1) is 0 Å². The molecule has 0 aliphatic heterocycles. The lowest BCUT2D eigenvalue weighted by Crippen LogP contribution is -2.20. The fraction of sp³-hybridized carbons (Fsp3) is 0.500. The van der Waals surface area contributed by atoms with Gasteiger partial charge in [0.25, 0.3) is 0 Å². The molecule has 0 spiro atoms. The van der Waals surface area contributed by atoms with Crippen LogP contribution >= 0.6 is 15.9 Å². The van der Waals surface area contributed by atoms with Gasteiger partial charge in [-0.1, -0.05) is 12.1 Å². The molecule has 0 radical (unpaired) electrons. The van der Waals surface area contributed by atoms with Crippen molar-refractivity contribution in [3.05, 3.63) is 28.2 Å². The van der Waals surface area contributed by atoms with Crippen molar-refractivity contribution in [3.63, 3.8) is 0 Å². The maximum Gasteiger partial charge on any atom is 0.138 e. The molecule has 0 bridgehead atoms. The van der Waals surface area contributed by atoms with E-state index in [1.165, 1.54) is 5.56 Å². The highest BCUT2D eigenvalue weighted by Crippen LogP contribution is 2.28. The summed E-state index contributed by atoms with van der Waals surface area (Å²) in [5.74, 6) is 0.943. The van der Waals surface area contributed by atoms with Gasteiger partial charge in [-0.15, -0.1) is 0 Å². The maximum absolute atomic E-state index is 5.80. The number of nitrogens with one attached hydrogen (secondary N) is 1. The van der Waals surface area contributed by atoms with Crippen LogP contribution in [0.3, 0.4) is 0 Å². The first kappa shape index (κ1) is 13.5. The van der Waals surface area contributed by atoms with Crippen LogP contribution in [-0.2, 0) is 6.54 Å². The Bertz CT molecular complexity index is 329. The number of benzene rings is 1. The number of para-hydroxylation sites is 1. The highest BCUT2D eigenvalue weighted by Gasteiger charge is 2.07. The SMILES string of the molecule is CNCc1cccc(Br)c1OCCN(C)C. The Kier molecular flexibility index (Phi) is 5.80.